The maximum atomic E-state index is 13.3. The number of nitrogens with two attached hydrogens (primary N) is 1. The van der Waals surface area contributed by atoms with E-state index >= 15 is 0 Å². The summed E-state index contributed by atoms with van der Waals surface area (Å²) in [5.74, 6) is -1.94. The molecule has 15 heavy (non-hydrogen) atoms. The topological polar surface area (TPSA) is 62.4 Å². The highest BCUT2D eigenvalue weighted by Gasteiger charge is 2.24. The number of aliphatic hydroxyl groups excluding tert-OH is 1. The molecule has 4 nitrogen and oxygen atoms in total. The molecule has 0 radical (unpaired) electrons. The van der Waals surface area contributed by atoms with Crippen LogP contribution in [0.3, 0.4) is 0 Å². The van der Waals surface area contributed by atoms with Crippen LogP contribution < -0.4 is 10.6 Å². The first-order chi connectivity index (χ1) is 7.08. The van der Waals surface area contributed by atoms with Gasteiger partial charge >= 0.3 is 0 Å². The first-order valence-corrected chi connectivity index (χ1v) is 4.62. The fraction of sp³-hybridized carbons (Fsp3) is 0.444. The average molecular weight is 215 g/mol. The quantitative estimate of drug-likeness (QED) is 0.716. The fourth-order valence-electron chi connectivity index (χ4n) is 1.63. The van der Waals surface area contributed by atoms with E-state index in [0.717, 1.165) is 0 Å². The van der Waals surface area contributed by atoms with Crippen molar-refractivity contribution in [2.24, 2.45) is 0 Å². The van der Waals surface area contributed by atoms with Crippen LogP contribution in [0.5, 0.6) is 0 Å². The maximum Gasteiger partial charge on any atom is 0.168 e. The van der Waals surface area contributed by atoms with Crippen LogP contribution in [0.15, 0.2) is 6.07 Å². The van der Waals surface area contributed by atoms with E-state index in [0.29, 0.717) is 25.6 Å². The Morgan fingerprint density at radius 2 is 2.20 bits per heavy atom. The predicted octanol–water partition coefficient (Wildman–Crippen LogP) is 0.513. The summed E-state index contributed by atoms with van der Waals surface area (Å²) in [6.07, 6.45) is 0.0655. The molecule has 1 aliphatic heterocycles. The van der Waals surface area contributed by atoms with Gasteiger partial charge in [0.15, 0.2) is 23.3 Å². The van der Waals surface area contributed by atoms with E-state index < -0.39 is 17.7 Å². The van der Waals surface area contributed by atoms with Crippen molar-refractivity contribution in [1.29, 1.82) is 0 Å². The lowest BCUT2D eigenvalue weighted by molar-refractivity contribution is 0.198. The normalized spacial score (nSPS) is 21.0. The first-order valence-electron chi connectivity index (χ1n) is 4.62. The summed E-state index contributed by atoms with van der Waals surface area (Å²) in [4.78, 5) is 5.18. The van der Waals surface area contributed by atoms with Crippen LogP contribution in [0.1, 0.15) is 6.42 Å². The Hall–Kier alpha value is -1.43. The van der Waals surface area contributed by atoms with Crippen LogP contribution >= 0.6 is 0 Å². The smallest absolute Gasteiger partial charge is 0.168 e. The number of β-amino-alcohol motifs (C(OH)–C–C–N with tert-alkyl or cyclic N) is 1. The summed E-state index contributed by atoms with van der Waals surface area (Å²) in [5.41, 5.74) is 5.25. The van der Waals surface area contributed by atoms with Crippen LogP contribution in [0.2, 0.25) is 0 Å². The molecule has 1 unspecified atom stereocenters. The number of nitrogen functional groups attached to an aromatic ring is 1. The largest absolute Gasteiger partial charge is 0.391 e. The number of hydrogen-bond donors (Lipinski definition) is 2. The summed E-state index contributed by atoms with van der Waals surface area (Å²) in [5, 5.41) is 9.28. The number of rotatable bonds is 1. The SMILES string of the molecule is Nc1nc(N2CCC(O)C2)c(F)cc1F. The Bertz CT molecular complexity index is 386. The second-order valence-electron chi connectivity index (χ2n) is 3.55. The highest BCUT2D eigenvalue weighted by molar-refractivity contribution is 5.47. The number of nitrogens with zero attached hydrogens (tertiary/aromatic N) is 2. The summed E-state index contributed by atoms with van der Waals surface area (Å²) < 4.78 is 26.2. The third-order valence-electron chi connectivity index (χ3n) is 2.40. The summed E-state index contributed by atoms with van der Waals surface area (Å²) >= 11 is 0. The summed E-state index contributed by atoms with van der Waals surface area (Å²) in [6.45, 7) is 0.797. The molecule has 0 amide bonds. The second kappa shape index (κ2) is 3.62. The van der Waals surface area contributed by atoms with Crippen molar-refractivity contribution in [3.63, 3.8) is 0 Å². The van der Waals surface area contributed by atoms with E-state index in [1.807, 2.05) is 0 Å². The Labute approximate surface area is 85.3 Å². The minimum absolute atomic E-state index is 0.00505. The third-order valence-corrected chi connectivity index (χ3v) is 2.40. The highest BCUT2D eigenvalue weighted by Crippen LogP contribution is 2.24. The van der Waals surface area contributed by atoms with Gasteiger partial charge in [-0.05, 0) is 6.42 Å². The molecule has 1 aliphatic rings. The number of anilines is 2. The molecule has 0 saturated carbocycles. The molecule has 0 aliphatic carbocycles. The molecule has 1 saturated heterocycles. The summed E-state index contributed by atoms with van der Waals surface area (Å²) in [7, 11) is 0. The molecule has 1 atom stereocenters. The van der Waals surface area contributed by atoms with Gasteiger partial charge in [0.05, 0.1) is 6.10 Å². The molecule has 3 N–H and O–H groups in total. The lowest BCUT2D eigenvalue weighted by atomic mass is 10.3. The molecule has 2 heterocycles. The van der Waals surface area contributed by atoms with Crippen molar-refractivity contribution >= 4 is 11.6 Å². The minimum atomic E-state index is -0.865. The minimum Gasteiger partial charge on any atom is -0.391 e. The summed E-state index contributed by atoms with van der Waals surface area (Å²) in [6, 6.07) is 0.711. The number of pyridine rings is 1. The molecule has 1 fully saturated rings. The number of hydrogen-bond acceptors (Lipinski definition) is 4. The lowest BCUT2D eigenvalue weighted by Gasteiger charge is -2.17. The van der Waals surface area contributed by atoms with Gasteiger partial charge in [-0.15, -0.1) is 0 Å². The van der Waals surface area contributed by atoms with Gasteiger partial charge in [-0.2, -0.15) is 0 Å². The van der Waals surface area contributed by atoms with E-state index in [9.17, 15) is 13.9 Å². The molecule has 6 heteroatoms. The van der Waals surface area contributed by atoms with E-state index in [1.165, 1.54) is 0 Å². The van der Waals surface area contributed by atoms with Crippen LogP contribution in [0.4, 0.5) is 20.4 Å². The molecular weight excluding hydrogens is 204 g/mol. The second-order valence-corrected chi connectivity index (χ2v) is 3.55. The van der Waals surface area contributed by atoms with Gasteiger partial charge in [0.25, 0.3) is 0 Å². The van der Waals surface area contributed by atoms with Gasteiger partial charge in [0.1, 0.15) is 0 Å². The lowest BCUT2D eigenvalue weighted by Crippen LogP contribution is -2.24. The van der Waals surface area contributed by atoms with E-state index in [2.05, 4.69) is 4.98 Å². The molecule has 0 bridgehead atoms. The maximum absolute atomic E-state index is 13.3. The monoisotopic (exact) mass is 215 g/mol. The fourth-order valence-corrected chi connectivity index (χ4v) is 1.63. The van der Waals surface area contributed by atoms with Gasteiger partial charge in [-0.1, -0.05) is 0 Å². The van der Waals surface area contributed by atoms with Crippen molar-refractivity contribution < 1.29 is 13.9 Å². The molecule has 1 aromatic rings. The van der Waals surface area contributed by atoms with Crippen LogP contribution in [0, 0.1) is 11.6 Å². The van der Waals surface area contributed by atoms with E-state index in [-0.39, 0.29) is 11.6 Å². The molecule has 0 spiro atoms. The van der Waals surface area contributed by atoms with Gasteiger partial charge < -0.3 is 15.7 Å². The van der Waals surface area contributed by atoms with Crippen LogP contribution in [-0.2, 0) is 0 Å². The standard InChI is InChI=1S/C9H11F2N3O/c10-6-3-7(11)9(13-8(6)12)14-2-1-5(15)4-14/h3,5,15H,1-2,4H2,(H2,12,13). The van der Waals surface area contributed by atoms with Gasteiger partial charge in [-0.3, -0.25) is 0 Å². The van der Waals surface area contributed by atoms with Crippen LogP contribution in [0.25, 0.3) is 0 Å². The number of aliphatic hydroxyl groups is 1. The third kappa shape index (κ3) is 1.85. The molecular formula is C9H11F2N3O. The van der Waals surface area contributed by atoms with Crippen molar-refractivity contribution in [1.82, 2.24) is 4.98 Å². The average Bonchev–Trinajstić information content (AvgIpc) is 2.58. The zero-order chi connectivity index (χ0) is 11.0. The zero-order valence-corrected chi connectivity index (χ0v) is 7.95. The number of aromatic nitrogens is 1. The zero-order valence-electron chi connectivity index (χ0n) is 7.95. The highest BCUT2D eigenvalue weighted by atomic mass is 19.1. The van der Waals surface area contributed by atoms with Crippen molar-refractivity contribution in [2.45, 2.75) is 12.5 Å². The Morgan fingerprint density at radius 3 is 2.80 bits per heavy atom. The predicted molar refractivity (Wildman–Crippen MR) is 51.4 cm³/mol. The van der Waals surface area contributed by atoms with Gasteiger partial charge in [0, 0.05) is 19.2 Å². The van der Waals surface area contributed by atoms with Crippen molar-refractivity contribution in [3.8, 4) is 0 Å². The Balaban J connectivity index is 2.32. The Morgan fingerprint density at radius 1 is 1.47 bits per heavy atom. The molecule has 82 valence electrons. The van der Waals surface area contributed by atoms with Gasteiger partial charge in [-0.25, -0.2) is 13.8 Å². The molecule has 0 aromatic carbocycles. The van der Waals surface area contributed by atoms with E-state index in [4.69, 9.17) is 5.73 Å². The van der Waals surface area contributed by atoms with Gasteiger partial charge in [0.2, 0.25) is 0 Å². The first kappa shape index (κ1) is 10.1. The van der Waals surface area contributed by atoms with Crippen molar-refractivity contribution in [3.05, 3.63) is 17.7 Å². The molecule has 2 rings (SSSR count). The van der Waals surface area contributed by atoms with E-state index in [1.54, 1.807) is 4.90 Å². The Kier molecular flexibility index (Phi) is 2.44. The van der Waals surface area contributed by atoms with Crippen LogP contribution in [-0.4, -0.2) is 29.3 Å². The van der Waals surface area contributed by atoms with Crippen molar-refractivity contribution in [2.75, 3.05) is 23.7 Å². The molecule has 1 aromatic heterocycles. The number of halogens is 2.